The molecule has 0 N–H and O–H groups in total. The zero-order valence-corrected chi connectivity index (χ0v) is 12.2. The van der Waals surface area contributed by atoms with Crippen molar-refractivity contribution in [2.24, 2.45) is 0 Å². The summed E-state index contributed by atoms with van der Waals surface area (Å²) in [7, 11) is -3.22. The molecule has 8 heteroatoms. The van der Waals surface area contributed by atoms with Crippen LogP contribution in [0.1, 0.15) is 17.9 Å². The summed E-state index contributed by atoms with van der Waals surface area (Å²) >= 11 is 0. The van der Waals surface area contributed by atoms with Crippen LogP contribution in [0.15, 0.2) is 22.7 Å². The number of nitrogens with zero attached hydrogens (tertiary/aromatic N) is 3. The average Bonchev–Trinajstić information content (AvgIpc) is 2.98. The van der Waals surface area contributed by atoms with Gasteiger partial charge in [-0.15, -0.1) is 0 Å². The molecule has 1 saturated heterocycles. The number of aromatic nitrogens is 2. The lowest BCUT2D eigenvalue weighted by molar-refractivity contribution is 0.326. The maximum Gasteiger partial charge on any atom is 0.242 e. The van der Waals surface area contributed by atoms with Crippen molar-refractivity contribution < 1.29 is 17.3 Å². The average molecular weight is 311 g/mol. The number of hydrogen-bond donors (Lipinski definition) is 0. The van der Waals surface area contributed by atoms with Crippen LogP contribution in [-0.2, 0) is 16.6 Å². The summed E-state index contributed by atoms with van der Waals surface area (Å²) in [6.45, 7) is 2.26. The van der Waals surface area contributed by atoms with Gasteiger partial charge in [0.05, 0.1) is 17.9 Å². The summed E-state index contributed by atoms with van der Waals surface area (Å²) in [5.74, 6) is -0.00804. The smallest absolute Gasteiger partial charge is 0.242 e. The lowest BCUT2D eigenvalue weighted by Crippen LogP contribution is -2.25. The van der Waals surface area contributed by atoms with E-state index in [1.807, 2.05) is 0 Å². The molecule has 0 bridgehead atoms. The minimum Gasteiger partial charge on any atom is -0.338 e. The number of halogens is 1. The Balaban J connectivity index is 1.83. The molecule has 0 aliphatic carbocycles. The first kappa shape index (κ1) is 14.2. The Morgan fingerprint density at radius 1 is 1.43 bits per heavy atom. The first-order valence-corrected chi connectivity index (χ1v) is 8.13. The molecule has 21 heavy (non-hydrogen) atoms. The predicted molar refractivity (Wildman–Crippen MR) is 73.2 cm³/mol. The van der Waals surface area contributed by atoms with Gasteiger partial charge < -0.3 is 4.52 Å². The van der Waals surface area contributed by atoms with Crippen LogP contribution in [0.3, 0.4) is 0 Å². The maximum atomic E-state index is 13.8. The largest absolute Gasteiger partial charge is 0.338 e. The molecule has 1 aromatic carbocycles. The molecule has 0 atom stereocenters. The summed E-state index contributed by atoms with van der Waals surface area (Å²) in [6, 6.07) is 4.71. The quantitative estimate of drug-likeness (QED) is 0.862. The van der Waals surface area contributed by atoms with Gasteiger partial charge in [0, 0.05) is 6.54 Å². The van der Waals surface area contributed by atoms with E-state index in [0.29, 0.717) is 13.0 Å². The van der Waals surface area contributed by atoms with Crippen molar-refractivity contribution in [2.45, 2.75) is 19.9 Å². The second kappa shape index (κ2) is 5.19. The van der Waals surface area contributed by atoms with E-state index in [2.05, 4.69) is 10.1 Å². The standard InChI is InChI=1S/C13H14FN3O3S/c1-9-3-4-10(11(14)7-9)13-15-12(20-16-13)8-17-5-2-6-21(17,18)19/h3-4,7H,2,5-6,8H2,1H3. The molecule has 112 valence electrons. The first-order valence-electron chi connectivity index (χ1n) is 6.53. The second-order valence-electron chi connectivity index (χ2n) is 5.00. The van der Waals surface area contributed by atoms with E-state index < -0.39 is 15.8 Å². The van der Waals surface area contributed by atoms with Gasteiger partial charge in [-0.1, -0.05) is 11.2 Å². The van der Waals surface area contributed by atoms with Crippen molar-refractivity contribution in [3.63, 3.8) is 0 Å². The van der Waals surface area contributed by atoms with Crippen molar-refractivity contribution in [1.82, 2.24) is 14.4 Å². The Morgan fingerprint density at radius 3 is 2.90 bits per heavy atom. The number of rotatable bonds is 3. The fourth-order valence-electron chi connectivity index (χ4n) is 2.25. The van der Waals surface area contributed by atoms with Crippen LogP contribution in [0.25, 0.3) is 11.4 Å². The third-order valence-corrected chi connectivity index (χ3v) is 5.25. The van der Waals surface area contributed by atoms with Gasteiger partial charge in [-0.05, 0) is 31.0 Å². The van der Waals surface area contributed by atoms with Gasteiger partial charge in [0.2, 0.25) is 21.7 Å². The van der Waals surface area contributed by atoms with Gasteiger partial charge in [0.15, 0.2) is 0 Å². The summed E-state index contributed by atoms with van der Waals surface area (Å²) in [6.07, 6.45) is 0.593. The van der Waals surface area contributed by atoms with Gasteiger partial charge in [0.25, 0.3) is 0 Å². The second-order valence-corrected chi connectivity index (χ2v) is 7.09. The summed E-state index contributed by atoms with van der Waals surface area (Å²) in [4.78, 5) is 4.08. The Labute approximate surface area is 121 Å². The molecule has 0 amide bonds. The molecule has 0 unspecified atom stereocenters. The molecule has 0 radical (unpaired) electrons. The summed E-state index contributed by atoms with van der Waals surface area (Å²) in [5, 5.41) is 3.72. The van der Waals surface area contributed by atoms with E-state index >= 15 is 0 Å². The van der Waals surface area contributed by atoms with E-state index in [9.17, 15) is 12.8 Å². The monoisotopic (exact) mass is 311 g/mol. The maximum absolute atomic E-state index is 13.8. The van der Waals surface area contributed by atoms with Crippen LogP contribution >= 0.6 is 0 Å². The zero-order chi connectivity index (χ0) is 15.0. The Hall–Kier alpha value is -1.80. The SMILES string of the molecule is Cc1ccc(-c2noc(CN3CCCS3(=O)=O)n2)c(F)c1. The van der Waals surface area contributed by atoms with Crippen molar-refractivity contribution in [1.29, 1.82) is 0 Å². The normalized spacial score (nSPS) is 18.2. The minimum absolute atomic E-state index is 0.0306. The molecule has 2 aromatic rings. The number of aryl methyl sites for hydroxylation is 1. The molecule has 1 aliphatic heterocycles. The van der Waals surface area contributed by atoms with E-state index in [1.165, 1.54) is 10.4 Å². The van der Waals surface area contributed by atoms with Crippen LogP contribution < -0.4 is 0 Å². The highest BCUT2D eigenvalue weighted by Crippen LogP contribution is 2.22. The lowest BCUT2D eigenvalue weighted by Gasteiger charge is -2.10. The van der Waals surface area contributed by atoms with Crippen LogP contribution in [0, 0.1) is 12.7 Å². The lowest BCUT2D eigenvalue weighted by atomic mass is 10.1. The van der Waals surface area contributed by atoms with Gasteiger partial charge >= 0.3 is 0 Å². The third-order valence-electron chi connectivity index (χ3n) is 3.35. The highest BCUT2D eigenvalue weighted by molar-refractivity contribution is 7.89. The van der Waals surface area contributed by atoms with Crippen LogP contribution in [-0.4, -0.2) is 35.2 Å². The number of sulfonamides is 1. The molecule has 3 rings (SSSR count). The fourth-order valence-corrected chi connectivity index (χ4v) is 3.72. The molecule has 6 nitrogen and oxygen atoms in total. The van der Waals surface area contributed by atoms with Crippen LogP contribution in [0.5, 0.6) is 0 Å². The van der Waals surface area contributed by atoms with E-state index in [1.54, 1.807) is 19.1 Å². The van der Waals surface area contributed by atoms with E-state index in [0.717, 1.165) is 5.56 Å². The fraction of sp³-hybridized carbons (Fsp3) is 0.385. The predicted octanol–water partition coefficient (Wildman–Crippen LogP) is 1.72. The molecule has 0 saturated carbocycles. The van der Waals surface area contributed by atoms with Crippen LogP contribution in [0.4, 0.5) is 4.39 Å². The molecule has 1 fully saturated rings. The number of benzene rings is 1. The van der Waals surface area contributed by atoms with E-state index in [-0.39, 0.29) is 29.6 Å². The molecular formula is C13H14FN3O3S. The first-order chi connectivity index (χ1) is 9.95. The van der Waals surface area contributed by atoms with E-state index in [4.69, 9.17) is 4.52 Å². The Bertz CT molecular complexity index is 773. The molecule has 0 spiro atoms. The van der Waals surface area contributed by atoms with Crippen molar-refractivity contribution in [2.75, 3.05) is 12.3 Å². The molecular weight excluding hydrogens is 297 g/mol. The molecule has 2 heterocycles. The van der Waals surface area contributed by atoms with Gasteiger partial charge in [-0.3, -0.25) is 0 Å². The summed E-state index contributed by atoms with van der Waals surface area (Å²) in [5.41, 5.74) is 1.03. The highest BCUT2D eigenvalue weighted by atomic mass is 32.2. The van der Waals surface area contributed by atoms with Gasteiger partial charge in [-0.25, -0.2) is 12.8 Å². The van der Waals surface area contributed by atoms with Crippen molar-refractivity contribution >= 4 is 10.0 Å². The minimum atomic E-state index is -3.22. The van der Waals surface area contributed by atoms with Gasteiger partial charge in [0.1, 0.15) is 5.82 Å². The Kier molecular flexibility index (Phi) is 3.50. The van der Waals surface area contributed by atoms with Crippen LogP contribution in [0.2, 0.25) is 0 Å². The number of hydrogen-bond acceptors (Lipinski definition) is 5. The highest BCUT2D eigenvalue weighted by Gasteiger charge is 2.29. The summed E-state index contributed by atoms with van der Waals surface area (Å²) < 4.78 is 43.6. The van der Waals surface area contributed by atoms with Gasteiger partial charge in [-0.2, -0.15) is 9.29 Å². The zero-order valence-electron chi connectivity index (χ0n) is 11.4. The topological polar surface area (TPSA) is 76.3 Å². The van der Waals surface area contributed by atoms with Crippen molar-refractivity contribution in [3.8, 4) is 11.4 Å². The van der Waals surface area contributed by atoms with Crippen molar-refractivity contribution in [3.05, 3.63) is 35.5 Å². The molecule has 1 aliphatic rings. The Morgan fingerprint density at radius 2 is 2.24 bits per heavy atom. The molecule has 1 aromatic heterocycles. The third kappa shape index (κ3) is 2.81.